The van der Waals surface area contributed by atoms with Crippen molar-refractivity contribution in [2.45, 2.75) is 31.8 Å². The van der Waals surface area contributed by atoms with Gasteiger partial charge in [-0.2, -0.15) is 5.26 Å². The second-order valence-corrected chi connectivity index (χ2v) is 5.62. The van der Waals surface area contributed by atoms with Crippen LogP contribution in [0.3, 0.4) is 0 Å². The summed E-state index contributed by atoms with van der Waals surface area (Å²) in [5.74, 6) is 0.579. The Bertz CT molecular complexity index is 623. The van der Waals surface area contributed by atoms with Crippen molar-refractivity contribution in [2.75, 3.05) is 13.1 Å². The number of nitriles is 1. The van der Waals surface area contributed by atoms with Crippen molar-refractivity contribution in [3.63, 3.8) is 0 Å². The number of hydrogen-bond donors (Lipinski definition) is 0. The first-order chi connectivity index (χ1) is 10.8. The number of amides is 1. The van der Waals surface area contributed by atoms with E-state index in [1.54, 1.807) is 0 Å². The Labute approximate surface area is 129 Å². The van der Waals surface area contributed by atoms with Crippen LogP contribution in [0.25, 0.3) is 0 Å². The lowest BCUT2D eigenvalue weighted by atomic mass is 9.93. The van der Waals surface area contributed by atoms with E-state index in [1.165, 1.54) is 12.4 Å². The Hall–Kier alpha value is -2.42. The molecule has 6 nitrogen and oxygen atoms in total. The average molecular weight is 298 g/mol. The summed E-state index contributed by atoms with van der Waals surface area (Å²) in [5, 5.41) is 9.00. The molecule has 2 aliphatic rings. The van der Waals surface area contributed by atoms with E-state index >= 15 is 0 Å². The van der Waals surface area contributed by atoms with Gasteiger partial charge in [-0.3, -0.25) is 4.79 Å². The number of aromatic nitrogens is 2. The molecule has 22 heavy (non-hydrogen) atoms. The molecule has 0 saturated carbocycles. The van der Waals surface area contributed by atoms with E-state index in [0.29, 0.717) is 13.1 Å². The highest BCUT2D eigenvalue weighted by Gasteiger charge is 2.32. The van der Waals surface area contributed by atoms with Gasteiger partial charge in [-0.25, -0.2) is 9.97 Å². The fourth-order valence-corrected chi connectivity index (χ4v) is 2.95. The van der Waals surface area contributed by atoms with Crippen molar-refractivity contribution >= 4 is 5.91 Å². The van der Waals surface area contributed by atoms with E-state index in [2.05, 4.69) is 22.1 Å². The fourth-order valence-electron chi connectivity index (χ4n) is 2.95. The second kappa shape index (κ2) is 6.56. The SMILES string of the molecule is N#Cc1nccnc1O[C@@H]1CCN(C(=O)[C@@H]2CC=CCC2)C1. The maximum absolute atomic E-state index is 12.5. The molecule has 1 fully saturated rings. The minimum absolute atomic E-state index is 0.106. The van der Waals surface area contributed by atoms with Crippen LogP contribution in [0, 0.1) is 17.2 Å². The minimum Gasteiger partial charge on any atom is -0.470 e. The van der Waals surface area contributed by atoms with E-state index in [0.717, 1.165) is 25.7 Å². The van der Waals surface area contributed by atoms with Crippen LogP contribution in [-0.4, -0.2) is 40.0 Å². The molecule has 0 N–H and O–H groups in total. The van der Waals surface area contributed by atoms with Gasteiger partial charge in [0.2, 0.25) is 11.6 Å². The molecule has 1 aliphatic carbocycles. The summed E-state index contributed by atoms with van der Waals surface area (Å²) in [4.78, 5) is 22.3. The maximum Gasteiger partial charge on any atom is 0.251 e. The number of rotatable bonds is 3. The molecule has 0 bridgehead atoms. The molecular weight excluding hydrogens is 280 g/mol. The molecule has 1 aromatic heterocycles. The molecule has 1 saturated heterocycles. The number of ether oxygens (including phenoxy) is 1. The van der Waals surface area contributed by atoms with Crippen LogP contribution in [-0.2, 0) is 4.79 Å². The van der Waals surface area contributed by atoms with Gasteiger partial charge in [0, 0.05) is 31.3 Å². The molecule has 0 aromatic carbocycles. The normalized spacial score (nSPS) is 24.0. The Kier molecular flexibility index (Phi) is 4.33. The topological polar surface area (TPSA) is 79.1 Å². The predicted molar refractivity (Wildman–Crippen MR) is 78.8 cm³/mol. The third kappa shape index (κ3) is 3.08. The molecule has 2 heterocycles. The monoisotopic (exact) mass is 298 g/mol. The lowest BCUT2D eigenvalue weighted by molar-refractivity contribution is -0.135. The van der Waals surface area contributed by atoms with Crippen molar-refractivity contribution in [3.05, 3.63) is 30.2 Å². The van der Waals surface area contributed by atoms with Gasteiger partial charge in [-0.15, -0.1) is 0 Å². The summed E-state index contributed by atoms with van der Waals surface area (Å²) in [6.45, 7) is 1.26. The Balaban J connectivity index is 1.59. The summed E-state index contributed by atoms with van der Waals surface area (Å²) in [6, 6.07) is 1.97. The average Bonchev–Trinajstić information content (AvgIpc) is 3.04. The molecule has 1 aliphatic heterocycles. The Morgan fingerprint density at radius 1 is 1.32 bits per heavy atom. The second-order valence-electron chi connectivity index (χ2n) is 5.62. The minimum atomic E-state index is -0.119. The van der Waals surface area contributed by atoms with Gasteiger partial charge in [-0.1, -0.05) is 12.2 Å². The highest BCUT2D eigenvalue weighted by Crippen LogP contribution is 2.24. The Morgan fingerprint density at radius 2 is 2.18 bits per heavy atom. The van der Waals surface area contributed by atoms with E-state index in [-0.39, 0.29) is 29.5 Å². The number of carbonyl (C=O) groups excluding carboxylic acids is 1. The molecule has 114 valence electrons. The first kappa shape index (κ1) is 14.5. The van der Waals surface area contributed by atoms with Crippen LogP contribution in [0.15, 0.2) is 24.5 Å². The highest BCUT2D eigenvalue weighted by molar-refractivity contribution is 5.79. The maximum atomic E-state index is 12.5. The van der Waals surface area contributed by atoms with Crippen LogP contribution in [0.1, 0.15) is 31.4 Å². The van der Waals surface area contributed by atoms with Gasteiger partial charge in [-0.05, 0) is 19.3 Å². The van der Waals surface area contributed by atoms with Gasteiger partial charge in [0.25, 0.3) is 5.88 Å². The first-order valence-electron chi connectivity index (χ1n) is 7.59. The predicted octanol–water partition coefficient (Wildman–Crippen LogP) is 1.68. The summed E-state index contributed by atoms with van der Waals surface area (Å²) in [5.41, 5.74) is 0.185. The summed E-state index contributed by atoms with van der Waals surface area (Å²) >= 11 is 0. The zero-order valence-electron chi connectivity index (χ0n) is 12.3. The van der Waals surface area contributed by atoms with Crippen molar-refractivity contribution in [3.8, 4) is 11.9 Å². The molecule has 1 aromatic rings. The number of carbonyl (C=O) groups is 1. The highest BCUT2D eigenvalue weighted by atomic mass is 16.5. The molecule has 0 spiro atoms. The molecule has 2 atom stereocenters. The number of nitrogens with zero attached hydrogens (tertiary/aromatic N) is 4. The van der Waals surface area contributed by atoms with Crippen molar-refractivity contribution < 1.29 is 9.53 Å². The summed E-state index contributed by atoms with van der Waals surface area (Å²) in [7, 11) is 0. The van der Waals surface area contributed by atoms with Crippen LogP contribution >= 0.6 is 0 Å². The molecule has 0 unspecified atom stereocenters. The van der Waals surface area contributed by atoms with Crippen LogP contribution < -0.4 is 4.74 Å². The van der Waals surface area contributed by atoms with Crippen molar-refractivity contribution in [1.29, 1.82) is 5.26 Å². The largest absolute Gasteiger partial charge is 0.470 e. The molecule has 6 heteroatoms. The summed E-state index contributed by atoms with van der Waals surface area (Å²) < 4.78 is 5.76. The first-order valence-corrected chi connectivity index (χ1v) is 7.59. The van der Waals surface area contributed by atoms with Gasteiger partial charge in [0.15, 0.2) is 0 Å². The molecule has 1 amide bonds. The lowest BCUT2D eigenvalue weighted by Gasteiger charge is -2.24. The van der Waals surface area contributed by atoms with Crippen molar-refractivity contribution in [2.24, 2.45) is 5.92 Å². The Morgan fingerprint density at radius 3 is 2.95 bits per heavy atom. The number of allylic oxidation sites excluding steroid dienone is 2. The number of hydrogen-bond acceptors (Lipinski definition) is 5. The van der Waals surface area contributed by atoms with Crippen LogP contribution in [0.5, 0.6) is 5.88 Å². The molecular formula is C16H18N4O2. The molecule has 3 rings (SSSR count). The lowest BCUT2D eigenvalue weighted by Crippen LogP contribution is -2.36. The third-order valence-corrected chi connectivity index (χ3v) is 4.12. The van der Waals surface area contributed by atoms with E-state index in [1.807, 2.05) is 11.0 Å². The molecule has 0 radical (unpaired) electrons. The van der Waals surface area contributed by atoms with Crippen molar-refractivity contribution in [1.82, 2.24) is 14.9 Å². The smallest absolute Gasteiger partial charge is 0.251 e. The van der Waals surface area contributed by atoms with Crippen LogP contribution in [0.2, 0.25) is 0 Å². The third-order valence-electron chi connectivity index (χ3n) is 4.12. The van der Waals surface area contributed by atoms with E-state index < -0.39 is 0 Å². The van der Waals surface area contributed by atoms with Crippen LogP contribution in [0.4, 0.5) is 0 Å². The fraction of sp³-hybridized carbons (Fsp3) is 0.500. The standard InChI is InChI=1S/C16H18N4O2/c17-10-14-15(19-8-7-18-14)22-13-6-9-20(11-13)16(21)12-4-2-1-3-5-12/h1-2,7-8,12-13H,3-6,9,11H2/t12-,13-/m1/s1. The van der Waals surface area contributed by atoms with Gasteiger partial charge in [0.05, 0.1) is 6.54 Å². The van der Waals surface area contributed by atoms with Gasteiger partial charge in [0.1, 0.15) is 12.2 Å². The van der Waals surface area contributed by atoms with Gasteiger partial charge >= 0.3 is 0 Å². The van der Waals surface area contributed by atoms with Gasteiger partial charge < -0.3 is 9.64 Å². The number of likely N-dealkylation sites (tertiary alicyclic amines) is 1. The summed E-state index contributed by atoms with van der Waals surface area (Å²) in [6.07, 6.45) is 10.6. The van der Waals surface area contributed by atoms with E-state index in [4.69, 9.17) is 10.00 Å². The zero-order chi connectivity index (χ0) is 15.4. The zero-order valence-corrected chi connectivity index (χ0v) is 12.3. The van der Waals surface area contributed by atoms with E-state index in [9.17, 15) is 4.79 Å². The quantitative estimate of drug-likeness (QED) is 0.793.